The highest BCUT2D eigenvalue weighted by Crippen LogP contribution is 2.16. The molecular formula is C18H22N2O2. The summed E-state index contributed by atoms with van der Waals surface area (Å²) in [5.41, 5.74) is 1.92. The van der Waals surface area contributed by atoms with Gasteiger partial charge in [-0.3, -0.25) is 10.1 Å². The average Bonchev–Trinajstić information content (AvgIpc) is 2.56. The molecular weight excluding hydrogens is 276 g/mol. The molecule has 22 heavy (non-hydrogen) atoms. The van der Waals surface area contributed by atoms with Crippen LogP contribution in [0, 0.1) is 0 Å². The minimum atomic E-state index is -0.294. The quantitative estimate of drug-likeness (QED) is 0.859. The van der Waals surface area contributed by atoms with Crippen molar-refractivity contribution in [3.63, 3.8) is 0 Å². The number of ether oxygens (including phenoxy) is 1. The highest BCUT2D eigenvalue weighted by atomic mass is 16.5. The molecule has 0 fully saturated rings. The van der Waals surface area contributed by atoms with Crippen molar-refractivity contribution in [1.29, 1.82) is 0 Å². The fourth-order valence-electron chi connectivity index (χ4n) is 2.21. The molecule has 4 heteroatoms. The molecule has 2 aromatic carbocycles. The molecule has 0 aromatic heterocycles. The van der Waals surface area contributed by atoms with E-state index in [1.807, 2.05) is 68.4 Å². The molecule has 0 aliphatic rings. The van der Waals surface area contributed by atoms with Crippen LogP contribution < -0.4 is 15.4 Å². The van der Waals surface area contributed by atoms with E-state index in [0.717, 1.165) is 17.0 Å². The van der Waals surface area contributed by atoms with Crippen LogP contribution in [0.15, 0.2) is 54.6 Å². The van der Waals surface area contributed by atoms with Gasteiger partial charge in [0, 0.05) is 11.7 Å². The SMILES string of the molecule is COc1ccc(NC(=O)[C@H](C)N[C@H](C)c2ccccc2)cc1. The van der Waals surface area contributed by atoms with Crippen LogP contribution in [-0.4, -0.2) is 19.1 Å². The maximum absolute atomic E-state index is 12.2. The third kappa shape index (κ3) is 4.33. The number of carbonyl (C=O) groups excluding carboxylic acids is 1. The minimum absolute atomic E-state index is 0.0621. The summed E-state index contributed by atoms with van der Waals surface area (Å²) in [6.45, 7) is 3.91. The highest BCUT2D eigenvalue weighted by Gasteiger charge is 2.16. The van der Waals surface area contributed by atoms with Gasteiger partial charge in [-0.15, -0.1) is 0 Å². The number of hydrogen-bond donors (Lipinski definition) is 2. The van der Waals surface area contributed by atoms with Gasteiger partial charge < -0.3 is 10.1 Å². The van der Waals surface area contributed by atoms with Gasteiger partial charge in [-0.2, -0.15) is 0 Å². The Balaban J connectivity index is 1.91. The van der Waals surface area contributed by atoms with E-state index in [9.17, 15) is 4.79 Å². The topological polar surface area (TPSA) is 50.4 Å². The van der Waals surface area contributed by atoms with Crippen molar-refractivity contribution in [3.05, 3.63) is 60.2 Å². The zero-order valence-corrected chi connectivity index (χ0v) is 13.2. The third-order valence-electron chi connectivity index (χ3n) is 3.55. The molecule has 0 spiro atoms. The Bertz CT molecular complexity index is 596. The lowest BCUT2D eigenvalue weighted by Gasteiger charge is -2.20. The summed E-state index contributed by atoms with van der Waals surface area (Å²) >= 11 is 0. The summed E-state index contributed by atoms with van der Waals surface area (Å²) in [7, 11) is 1.62. The maximum Gasteiger partial charge on any atom is 0.241 e. The number of carbonyl (C=O) groups is 1. The molecule has 0 radical (unpaired) electrons. The predicted molar refractivity (Wildman–Crippen MR) is 89.1 cm³/mol. The van der Waals surface area contributed by atoms with Crippen LogP contribution in [0.25, 0.3) is 0 Å². The lowest BCUT2D eigenvalue weighted by molar-refractivity contribution is -0.117. The molecule has 116 valence electrons. The van der Waals surface area contributed by atoms with Crippen molar-refractivity contribution in [2.75, 3.05) is 12.4 Å². The van der Waals surface area contributed by atoms with Crippen molar-refractivity contribution in [3.8, 4) is 5.75 Å². The molecule has 2 rings (SSSR count). The number of anilines is 1. The van der Waals surface area contributed by atoms with Crippen LogP contribution in [0.1, 0.15) is 25.5 Å². The predicted octanol–water partition coefficient (Wildman–Crippen LogP) is 3.37. The van der Waals surface area contributed by atoms with E-state index in [4.69, 9.17) is 4.74 Å². The largest absolute Gasteiger partial charge is 0.497 e. The number of nitrogens with one attached hydrogen (secondary N) is 2. The molecule has 0 bridgehead atoms. The second-order valence-corrected chi connectivity index (χ2v) is 5.24. The van der Waals surface area contributed by atoms with E-state index >= 15 is 0 Å². The van der Waals surface area contributed by atoms with Gasteiger partial charge in [0.05, 0.1) is 13.2 Å². The van der Waals surface area contributed by atoms with Crippen molar-refractivity contribution in [2.24, 2.45) is 0 Å². The maximum atomic E-state index is 12.2. The van der Waals surface area contributed by atoms with Gasteiger partial charge in [-0.25, -0.2) is 0 Å². The van der Waals surface area contributed by atoms with Gasteiger partial charge in [0.15, 0.2) is 0 Å². The summed E-state index contributed by atoms with van der Waals surface area (Å²) in [5, 5.41) is 6.19. The Morgan fingerprint density at radius 3 is 2.23 bits per heavy atom. The molecule has 2 N–H and O–H groups in total. The van der Waals surface area contributed by atoms with Gasteiger partial charge in [0.2, 0.25) is 5.91 Å². The van der Waals surface area contributed by atoms with Crippen molar-refractivity contribution >= 4 is 11.6 Å². The molecule has 1 amide bonds. The van der Waals surface area contributed by atoms with Gasteiger partial charge in [0.25, 0.3) is 0 Å². The summed E-state index contributed by atoms with van der Waals surface area (Å²) in [6.07, 6.45) is 0. The second-order valence-electron chi connectivity index (χ2n) is 5.24. The molecule has 0 saturated carbocycles. The first-order valence-corrected chi connectivity index (χ1v) is 7.36. The molecule has 4 nitrogen and oxygen atoms in total. The Hall–Kier alpha value is -2.33. The minimum Gasteiger partial charge on any atom is -0.497 e. The smallest absolute Gasteiger partial charge is 0.241 e. The fraction of sp³-hybridized carbons (Fsp3) is 0.278. The molecule has 0 saturated heterocycles. The van der Waals surface area contributed by atoms with E-state index in [1.54, 1.807) is 7.11 Å². The molecule has 0 unspecified atom stereocenters. The standard InChI is InChI=1S/C18H22N2O2/c1-13(15-7-5-4-6-8-15)19-14(2)18(21)20-16-9-11-17(22-3)12-10-16/h4-14,19H,1-3H3,(H,20,21)/t13-,14+/m1/s1. The number of amides is 1. The third-order valence-corrected chi connectivity index (χ3v) is 3.55. The van der Waals surface area contributed by atoms with Crippen molar-refractivity contribution in [1.82, 2.24) is 5.32 Å². The van der Waals surface area contributed by atoms with Crippen LogP contribution in [0.5, 0.6) is 5.75 Å². The summed E-state index contributed by atoms with van der Waals surface area (Å²) in [4.78, 5) is 12.2. The van der Waals surface area contributed by atoms with Crippen LogP contribution in [-0.2, 0) is 4.79 Å². The van der Waals surface area contributed by atoms with Crippen LogP contribution in [0.3, 0.4) is 0 Å². The van der Waals surface area contributed by atoms with E-state index in [0.29, 0.717) is 0 Å². The van der Waals surface area contributed by atoms with Crippen LogP contribution >= 0.6 is 0 Å². The zero-order valence-electron chi connectivity index (χ0n) is 13.2. The van der Waals surface area contributed by atoms with Gasteiger partial charge in [-0.05, 0) is 43.7 Å². The first-order chi connectivity index (χ1) is 10.6. The van der Waals surface area contributed by atoms with Gasteiger partial charge in [0.1, 0.15) is 5.75 Å². The Labute approximate surface area is 131 Å². The first-order valence-electron chi connectivity index (χ1n) is 7.36. The molecule has 2 aromatic rings. The highest BCUT2D eigenvalue weighted by molar-refractivity contribution is 5.94. The molecule has 2 atom stereocenters. The number of methoxy groups -OCH3 is 1. The van der Waals surface area contributed by atoms with Crippen LogP contribution in [0.4, 0.5) is 5.69 Å². The van der Waals surface area contributed by atoms with E-state index in [-0.39, 0.29) is 18.0 Å². The van der Waals surface area contributed by atoms with E-state index in [2.05, 4.69) is 10.6 Å². The van der Waals surface area contributed by atoms with Crippen molar-refractivity contribution in [2.45, 2.75) is 25.9 Å². The summed E-state index contributed by atoms with van der Waals surface area (Å²) in [6, 6.07) is 17.2. The molecule has 0 heterocycles. The number of rotatable bonds is 6. The monoisotopic (exact) mass is 298 g/mol. The Morgan fingerprint density at radius 2 is 1.64 bits per heavy atom. The van der Waals surface area contributed by atoms with Gasteiger partial charge in [-0.1, -0.05) is 30.3 Å². The molecule has 0 aliphatic carbocycles. The first kappa shape index (κ1) is 16.0. The van der Waals surface area contributed by atoms with Crippen LogP contribution in [0.2, 0.25) is 0 Å². The summed E-state index contributed by atoms with van der Waals surface area (Å²) < 4.78 is 5.10. The van der Waals surface area contributed by atoms with E-state index < -0.39 is 0 Å². The Morgan fingerprint density at radius 1 is 1.00 bits per heavy atom. The molecule has 0 aliphatic heterocycles. The Kier molecular flexibility index (Phi) is 5.55. The number of benzene rings is 2. The average molecular weight is 298 g/mol. The van der Waals surface area contributed by atoms with Gasteiger partial charge >= 0.3 is 0 Å². The normalized spacial score (nSPS) is 13.2. The van der Waals surface area contributed by atoms with Crippen molar-refractivity contribution < 1.29 is 9.53 Å². The fourth-order valence-corrected chi connectivity index (χ4v) is 2.21. The zero-order chi connectivity index (χ0) is 15.9. The second kappa shape index (κ2) is 7.61. The van der Waals surface area contributed by atoms with E-state index in [1.165, 1.54) is 0 Å². The lowest BCUT2D eigenvalue weighted by atomic mass is 10.1. The summed E-state index contributed by atoms with van der Waals surface area (Å²) in [5.74, 6) is 0.704. The lowest BCUT2D eigenvalue weighted by Crippen LogP contribution is -2.39. The number of hydrogen-bond acceptors (Lipinski definition) is 3.